The fourth-order valence-electron chi connectivity index (χ4n) is 2.15. The number of nitrogens with one attached hydrogen (secondary N) is 1. The van der Waals surface area contributed by atoms with E-state index >= 15 is 0 Å². The lowest BCUT2D eigenvalue weighted by Crippen LogP contribution is -2.05. The summed E-state index contributed by atoms with van der Waals surface area (Å²) >= 11 is 5.98. The van der Waals surface area contributed by atoms with Gasteiger partial charge in [-0.15, -0.1) is 0 Å². The Labute approximate surface area is 178 Å². The molecule has 8 nitrogen and oxygen atoms in total. The van der Waals surface area contributed by atoms with E-state index in [1.54, 1.807) is 18.2 Å². The average molecular weight is 433 g/mol. The molecule has 0 fully saturated rings. The Bertz CT molecular complexity index is 937. The number of carboxylic acid groups (broad SMARTS) is 2. The maximum Gasteiger partial charge on any atom is 0.328 e. The van der Waals surface area contributed by atoms with Gasteiger partial charge >= 0.3 is 11.9 Å². The number of hydrogen-bond acceptors (Lipinski definition) is 6. The van der Waals surface area contributed by atoms with Crippen LogP contribution in [-0.4, -0.2) is 35.8 Å². The highest BCUT2D eigenvalue weighted by Crippen LogP contribution is 2.35. The van der Waals surface area contributed by atoms with Gasteiger partial charge in [0.05, 0.1) is 12.2 Å². The topological polar surface area (TPSA) is 129 Å². The number of aliphatic carboxylic acids is 2. The van der Waals surface area contributed by atoms with Crippen LogP contribution in [-0.2, 0) is 16.1 Å². The second-order valence-corrected chi connectivity index (χ2v) is 6.05. The van der Waals surface area contributed by atoms with Gasteiger partial charge in [-0.05, 0) is 43.8 Å². The Morgan fingerprint density at radius 3 is 2.30 bits per heavy atom. The monoisotopic (exact) mass is 432 g/mol. The minimum atomic E-state index is -1.26. The lowest BCUT2D eigenvalue weighted by molar-refractivity contribution is -0.134. The van der Waals surface area contributed by atoms with E-state index in [-0.39, 0.29) is 0 Å². The molecule has 0 unspecified atom stereocenters. The van der Waals surface area contributed by atoms with Gasteiger partial charge in [-0.1, -0.05) is 17.7 Å². The highest BCUT2D eigenvalue weighted by atomic mass is 35.5. The summed E-state index contributed by atoms with van der Waals surface area (Å²) in [6, 6.07) is 12.7. The van der Waals surface area contributed by atoms with Crippen molar-refractivity contribution in [2.45, 2.75) is 13.5 Å². The number of nitriles is 1. The summed E-state index contributed by atoms with van der Waals surface area (Å²) < 4.78 is 11.5. The first kappa shape index (κ1) is 24.5. The number of nitrogens with zero attached hydrogens (tertiary/aromatic N) is 1. The Balaban J connectivity index is 0.000000479. The first-order valence-corrected chi connectivity index (χ1v) is 9.10. The molecule has 0 aliphatic heterocycles. The van der Waals surface area contributed by atoms with Crippen LogP contribution >= 0.6 is 11.6 Å². The standard InChI is InChI=1S/C17H17ClN2O2.C4H4O4/c1-3-21-17-8-12(11-20-2)4-7-15(17)22-16-9-14(18)6-5-13(16)10-19;5-3(6)1-2-4(7)8/h4-9,20H,3,11H2,1-2H3;1-2H,(H,5,6)(H,7,8)/b;2-1+. The van der Waals surface area contributed by atoms with E-state index < -0.39 is 11.9 Å². The van der Waals surface area contributed by atoms with E-state index in [1.165, 1.54) is 0 Å². The normalized spacial score (nSPS) is 9.93. The van der Waals surface area contributed by atoms with Crippen LogP contribution in [0.2, 0.25) is 5.02 Å². The quantitative estimate of drug-likeness (QED) is 0.536. The number of hydrogen-bond donors (Lipinski definition) is 3. The van der Waals surface area contributed by atoms with Gasteiger partial charge < -0.3 is 25.0 Å². The van der Waals surface area contributed by atoms with Gasteiger partial charge in [0, 0.05) is 29.8 Å². The van der Waals surface area contributed by atoms with Crippen molar-refractivity contribution in [1.29, 1.82) is 5.26 Å². The van der Waals surface area contributed by atoms with E-state index in [4.69, 9.17) is 36.5 Å². The molecule has 2 aromatic carbocycles. The van der Waals surface area contributed by atoms with Crippen molar-refractivity contribution in [1.82, 2.24) is 5.32 Å². The van der Waals surface area contributed by atoms with Crippen LogP contribution in [0.1, 0.15) is 18.1 Å². The molecule has 3 N–H and O–H groups in total. The summed E-state index contributed by atoms with van der Waals surface area (Å²) in [5.41, 5.74) is 1.51. The summed E-state index contributed by atoms with van der Waals surface area (Å²) in [5.74, 6) is -0.906. The van der Waals surface area contributed by atoms with Crippen molar-refractivity contribution in [3.63, 3.8) is 0 Å². The molecule has 0 radical (unpaired) electrons. The van der Waals surface area contributed by atoms with Gasteiger partial charge in [0.25, 0.3) is 0 Å². The van der Waals surface area contributed by atoms with Crippen molar-refractivity contribution in [2.75, 3.05) is 13.7 Å². The molecular weight excluding hydrogens is 412 g/mol. The predicted octanol–water partition coefficient (Wildman–Crippen LogP) is 3.83. The molecule has 0 spiro atoms. The summed E-state index contributed by atoms with van der Waals surface area (Å²) in [5, 5.41) is 28.4. The van der Waals surface area contributed by atoms with Crippen LogP contribution in [0.15, 0.2) is 48.6 Å². The van der Waals surface area contributed by atoms with Crippen molar-refractivity contribution in [2.24, 2.45) is 0 Å². The highest BCUT2D eigenvalue weighted by molar-refractivity contribution is 6.30. The zero-order chi connectivity index (χ0) is 22.5. The molecule has 0 bridgehead atoms. The van der Waals surface area contributed by atoms with Gasteiger partial charge in [-0.3, -0.25) is 0 Å². The number of carbonyl (C=O) groups is 2. The average Bonchev–Trinajstić information content (AvgIpc) is 2.69. The van der Waals surface area contributed by atoms with E-state index in [9.17, 15) is 9.59 Å². The smallest absolute Gasteiger partial charge is 0.328 e. The van der Waals surface area contributed by atoms with Crippen molar-refractivity contribution in [3.8, 4) is 23.3 Å². The Morgan fingerprint density at radius 1 is 1.10 bits per heavy atom. The molecule has 9 heteroatoms. The van der Waals surface area contributed by atoms with E-state index in [1.807, 2.05) is 32.2 Å². The molecule has 0 aliphatic carbocycles. The van der Waals surface area contributed by atoms with Crippen LogP contribution in [0.4, 0.5) is 0 Å². The summed E-state index contributed by atoms with van der Waals surface area (Å²) in [6.45, 7) is 3.18. The number of ether oxygens (including phenoxy) is 2. The zero-order valence-electron chi connectivity index (χ0n) is 16.4. The van der Waals surface area contributed by atoms with Crippen molar-refractivity contribution in [3.05, 3.63) is 64.7 Å². The Morgan fingerprint density at radius 2 is 1.77 bits per heavy atom. The second-order valence-electron chi connectivity index (χ2n) is 5.61. The SMILES string of the molecule is CCOc1cc(CNC)ccc1Oc1cc(Cl)ccc1C#N.O=C(O)/C=C/C(=O)O. The molecule has 0 aliphatic rings. The molecule has 2 rings (SSSR count). The molecule has 30 heavy (non-hydrogen) atoms. The third kappa shape index (κ3) is 8.65. The third-order valence-electron chi connectivity index (χ3n) is 3.34. The molecular formula is C21H21ClN2O6. The minimum absolute atomic E-state index is 0.414. The van der Waals surface area contributed by atoms with Gasteiger partial charge in [0.2, 0.25) is 0 Å². The first-order chi connectivity index (χ1) is 14.3. The van der Waals surface area contributed by atoms with E-state index in [2.05, 4.69) is 11.4 Å². The Hall–Kier alpha value is -3.54. The fraction of sp³-hybridized carbons (Fsp3) is 0.190. The maximum absolute atomic E-state index is 9.55. The van der Waals surface area contributed by atoms with Gasteiger partial charge in [-0.2, -0.15) is 5.26 Å². The molecule has 0 amide bonds. The highest BCUT2D eigenvalue weighted by Gasteiger charge is 2.11. The van der Waals surface area contributed by atoms with E-state index in [0.717, 1.165) is 12.1 Å². The fourth-order valence-corrected chi connectivity index (χ4v) is 2.32. The van der Waals surface area contributed by atoms with Crippen molar-refractivity contribution < 1.29 is 29.3 Å². The lowest BCUT2D eigenvalue weighted by atomic mass is 10.2. The minimum Gasteiger partial charge on any atom is -0.490 e. The van der Waals surface area contributed by atoms with Gasteiger partial charge in [0.1, 0.15) is 11.8 Å². The third-order valence-corrected chi connectivity index (χ3v) is 3.58. The molecule has 0 saturated heterocycles. The molecule has 2 aromatic rings. The van der Waals surface area contributed by atoms with Crippen LogP contribution in [0.3, 0.4) is 0 Å². The van der Waals surface area contributed by atoms with Crippen LogP contribution in [0.5, 0.6) is 17.2 Å². The van der Waals surface area contributed by atoms with Gasteiger partial charge in [-0.25, -0.2) is 9.59 Å². The predicted molar refractivity (Wildman–Crippen MR) is 111 cm³/mol. The maximum atomic E-state index is 9.55. The van der Waals surface area contributed by atoms with Crippen LogP contribution in [0, 0.1) is 11.3 Å². The number of halogens is 1. The summed E-state index contributed by atoms with van der Waals surface area (Å²) in [7, 11) is 1.88. The summed E-state index contributed by atoms with van der Waals surface area (Å²) in [6.07, 6.45) is 1.12. The molecule has 0 heterocycles. The number of benzene rings is 2. The largest absolute Gasteiger partial charge is 0.490 e. The van der Waals surface area contributed by atoms with Crippen LogP contribution < -0.4 is 14.8 Å². The number of carboxylic acids is 2. The number of rotatable bonds is 8. The van der Waals surface area contributed by atoms with Crippen LogP contribution in [0.25, 0.3) is 0 Å². The lowest BCUT2D eigenvalue weighted by Gasteiger charge is -2.14. The van der Waals surface area contributed by atoms with Crippen molar-refractivity contribution >= 4 is 23.5 Å². The molecule has 0 atom stereocenters. The first-order valence-electron chi connectivity index (χ1n) is 8.72. The molecule has 0 saturated carbocycles. The summed E-state index contributed by atoms with van der Waals surface area (Å²) in [4.78, 5) is 19.1. The second kappa shape index (κ2) is 12.8. The van der Waals surface area contributed by atoms with Gasteiger partial charge in [0.15, 0.2) is 11.5 Å². The Kier molecular flexibility index (Phi) is 10.5. The molecule has 0 aromatic heterocycles. The van der Waals surface area contributed by atoms with E-state index in [0.29, 0.717) is 46.6 Å². The zero-order valence-corrected chi connectivity index (χ0v) is 17.1. The molecule has 158 valence electrons.